The lowest BCUT2D eigenvalue weighted by molar-refractivity contribution is -0.116. The molecule has 0 aliphatic carbocycles. The fraction of sp³-hybridized carbons (Fsp3) is 0.360. The van der Waals surface area contributed by atoms with Crippen molar-refractivity contribution in [3.8, 4) is 0 Å². The van der Waals surface area contributed by atoms with Crippen molar-refractivity contribution in [1.29, 1.82) is 0 Å². The number of nitrogens with one attached hydrogen (secondary N) is 1. The molecule has 0 saturated carbocycles. The van der Waals surface area contributed by atoms with Gasteiger partial charge in [0.1, 0.15) is 11.0 Å². The van der Waals surface area contributed by atoms with Crippen molar-refractivity contribution in [2.24, 2.45) is 4.99 Å². The number of aryl methyl sites for hydroxylation is 1. The van der Waals surface area contributed by atoms with Crippen LogP contribution in [-0.2, 0) is 4.79 Å². The highest BCUT2D eigenvalue weighted by atomic mass is 32.5. The Morgan fingerprint density at radius 2 is 1.67 bits per heavy atom. The highest BCUT2D eigenvalue weighted by molar-refractivity contribution is 8.45. The SMILES string of the molecule is C=CC(=O)NCC(=NC)c1c(C(C)CC)cccc1C(O)CO.Cc1ccc(S(F)(F)(F)(F)F)cc1. The van der Waals surface area contributed by atoms with E-state index in [4.69, 9.17) is 0 Å². The third-order valence-corrected chi connectivity index (χ3v) is 6.61. The molecule has 0 aromatic heterocycles. The van der Waals surface area contributed by atoms with Gasteiger partial charge in [-0.25, -0.2) is 0 Å². The second-order valence-electron chi connectivity index (χ2n) is 8.19. The maximum absolute atomic E-state index is 12.1. The summed E-state index contributed by atoms with van der Waals surface area (Å²) in [5.41, 5.74) is 3.64. The van der Waals surface area contributed by atoms with Crippen molar-refractivity contribution in [2.75, 3.05) is 20.2 Å². The number of benzene rings is 2. The monoisotopic (exact) mass is 536 g/mol. The van der Waals surface area contributed by atoms with Crippen LogP contribution in [0.5, 0.6) is 0 Å². The number of hydrogen-bond acceptors (Lipinski definition) is 4. The normalized spacial score (nSPS) is 15.5. The van der Waals surface area contributed by atoms with Crippen molar-refractivity contribution in [1.82, 2.24) is 5.32 Å². The molecular formula is C25H33F5N2O3S. The van der Waals surface area contributed by atoms with Gasteiger partial charge in [0.2, 0.25) is 5.91 Å². The largest absolute Gasteiger partial charge is 0.393 e. The lowest BCUT2D eigenvalue weighted by Crippen LogP contribution is -2.30. The molecular weight excluding hydrogens is 503 g/mol. The Balaban J connectivity index is 0.000000420. The molecule has 5 nitrogen and oxygen atoms in total. The molecule has 0 saturated heterocycles. The van der Waals surface area contributed by atoms with Crippen LogP contribution in [0.15, 0.2) is 65.0 Å². The van der Waals surface area contributed by atoms with Crippen LogP contribution in [0.2, 0.25) is 0 Å². The number of carbonyl (C=O) groups is 1. The number of hydrogen-bond donors (Lipinski definition) is 3. The minimum absolute atomic E-state index is 0.236. The summed E-state index contributed by atoms with van der Waals surface area (Å²) in [5, 5.41) is 22.2. The first-order chi connectivity index (χ1) is 16.5. The van der Waals surface area contributed by atoms with Crippen molar-refractivity contribution in [3.63, 3.8) is 0 Å². The van der Waals surface area contributed by atoms with E-state index < -0.39 is 21.2 Å². The van der Waals surface area contributed by atoms with Gasteiger partial charge in [-0.3, -0.25) is 9.79 Å². The van der Waals surface area contributed by atoms with E-state index in [0.717, 1.165) is 29.7 Å². The summed E-state index contributed by atoms with van der Waals surface area (Å²) in [4.78, 5) is 13.9. The standard InChI is InChI=1S/C18H26N2O3.C7H7F5S/c1-5-12(3)13-8-7-9-14(16(22)11-21)18(13)15(19-4)10-20-17(23)6-2;1-6-2-4-7(5-3-6)13(8,9,10,11)12/h6-9,12,16,21-22H,2,5,10-11H2,1,3-4H3,(H,20,23);2-5H,1H3. The molecule has 2 aromatic carbocycles. The zero-order valence-corrected chi connectivity index (χ0v) is 21.5. The van der Waals surface area contributed by atoms with E-state index in [0.29, 0.717) is 29.0 Å². The van der Waals surface area contributed by atoms with Crippen molar-refractivity contribution < 1.29 is 34.4 Å². The number of aliphatic hydroxyl groups excluding tert-OH is 2. The molecule has 3 N–H and O–H groups in total. The molecule has 0 bridgehead atoms. The van der Waals surface area contributed by atoms with Gasteiger partial charge in [0.15, 0.2) is 0 Å². The van der Waals surface area contributed by atoms with E-state index in [9.17, 15) is 34.4 Å². The van der Waals surface area contributed by atoms with Crippen LogP contribution < -0.4 is 5.32 Å². The molecule has 36 heavy (non-hydrogen) atoms. The maximum Gasteiger partial charge on any atom is 0.310 e. The number of carbonyl (C=O) groups excluding carboxylic acids is 1. The molecule has 2 aromatic rings. The second-order valence-corrected chi connectivity index (χ2v) is 10.6. The predicted molar refractivity (Wildman–Crippen MR) is 135 cm³/mol. The Kier molecular flexibility index (Phi) is 10.0. The highest BCUT2D eigenvalue weighted by Gasteiger charge is 2.65. The molecule has 0 heterocycles. The van der Waals surface area contributed by atoms with Crippen LogP contribution in [0.1, 0.15) is 54.5 Å². The van der Waals surface area contributed by atoms with E-state index in [1.54, 1.807) is 13.1 Å². The zero-order chi connectivity index (χ0) is 27.8. The Labute approximate surface area is 208 Å². The van der Waals surface area contributed by atoms with Gasteiger partial charge in [0.25, 0.3) is 0 Å². The fourth-order valence-corrected chi connectivity index (χ4v) is 3.90. The first-order valence-corrected chi connectivity index (χ1v) is 13.0. The zero-order valence-electron chi connectivity index (χ0n) is 20.6. The summed E-state index contributed by atoms with van der Waals surface area (Å²) in [6, 6.07) is 8.46. The third kappa shape index (κ3) is 9.03. The van der Waals surface area contributed by atoms with Crippen LogP contribution in [0.25, 0.3) is 0 Å². The van der Waals surface area contributed by atoms with E-state index in [2.05, 4.69) is 30.7 Å². The molecule has 0 aliphatic rings. The van der Waals surface area contributed by atoms with Gasteiger partial charge >= 0.3 is 10.2 Å². The molecule has 0 radical (unpaired) electrons. The molecule has 202 valence electrons. The lowest BCUT2D eigenvalue weighted by Gasteiger charge is -2.40. The lowest BCUT2D eigenvalue weighted by atomic mass is 9.86. The van der Waals surface area contributed by atoms with E-state index in [1.807, 2.05) is 12.1 Å². The summed E-state index contributed by atoms with van der Waals surface area (Å²) in [6.07, 6.45) is 1.15. The smallest absolute Gasteiger partial charge is 0.310 e. The van der Waals surface area contributed by atoms with Gasteiger partial charge in [-0.05, 0) is 48.6 Å². The minimum atomic E-state index is -9.45. The summed E-state index contributed by atoms with van der Waals surface area (Å²) >= 11 is 0. The van der Waals surface area contributed by atoms with Gasteiger partial charge in [-0.2, -0.15) is 0 Å². The number of halogens is 5. The van der Waals surface area contributed by atoms with Gasteiger partial charge in [-0.1, -0.05) is 75.8 Å². The van der Waals surface area contributed by atoms with Gasteiger partial charge in [0.05, 0.1) is 18.9 Å². The van der Waals surface area contributed by atoms with E-state index >= 15 is 0 Å². The molecule has 2 unspecified atom stereocenters. The topological polar surface area (TPSA) is 81.9 Å². The minimum Gasteiger partial charge on any atom is -0.393 e. The predicted octanol–water partition coefficient (Wildman–Crippen LogP) is 6.60. The summed E-state index contributed by atoms with van der Waals surface area (Å²) in [6.45, 7) is 9.01. The maximum atomic E-state index is 12.1. The molecule has 2 atom stereocenters. The van der Waals surface area contributed by atoms with Crippen LogP contribution in [0.4, 0.5) is 19.4 Å². The third-order valence-electron chi connectivity index (χ3n) is 5.44. The van der Waals surface area contributed by atoms with Crippen molar-refractivity contribution in [3.05, 3.63) is 77.4 Å². The van der Waals surface area contributed by atoms with E-state index in [1.165, 1.54) is 13.0 Å². The van der Waals surface area contributed by atoms with Gasteiger partial charge in [-0.15, -0.1) is 0 Å². The fourth-order valence-electron chi connectivity index (χ4n) is 3.25. The Bertz CT molecular complexity index is 1060. The Hall–Kier alpha value is -2.76. The number of nitrogens with zero attached hydrogens (tertiary/aromatic N) is 1. The van der Waals surface area contributed by atoms with Gasteiger partial charge < -0.3 is 15.5 Å². The molecule has 0 aliphatic heterocycles. The number of aliphatic imine (C=N–C) groups is 1. The molecule has 1 amide bonds. The van der Waals surface area contributed by atoms with Crippen LogP contribution >= 0.6 is 10.2 Å². The van der Waals surface area contributed by atoms with Gasteiger partial charge in [0, 0.05) is 12.6 Å². The first-order valence-electron chi connectivity index (χ1n) is 11.1. The second kappa shape index (κ2) is 11.5. The summed E-state index contributed by atoms with van der Waals surface area (Å²) < 4.78 is 60.4. The first kappa shape index (κ1) is 31.3. The summed E-state index contributed by atoms with van der Waals surface area (Å²) in [7, 11) is -7.80. The molecule has 0 spiro atoms. The number of rotatable bonds is 9. The average Bonchev–Trinajstić information content (AvgIpc) is 2.82. The van der Waals surface area contributed by atoms with E-state index in [-0.39, 0.29) is 25.0 Å². The van der Waals surface area contributed by atoms with Crippen LogP contribution in [0, 0.1) is 6.92 Å². The van der Waals surface area contributed by atoms with Crippen molar-refractivity contribution >= 4 is 21.8 Å². The molecule has 2 rings (SSSR count). The van der Waals surface area contributed by atoms with Crippen LogP contribution in [0.3, 0.4) is 0 Å². The van der Waals surface area contributed by atoms with Crippen LogP contribution in [-0.4, -0.2) is 42.0 Å². The number of amides is 1. The Morgan fingerprint density at radius 3 is 2.11 bits per heavy atom. The Morgan fingerprint density at radius 1 is 1.11 bits per heavy atom. The highest BCUT2D eigenvalue weighted by Crippen LogP contribution is 3.02. The average molecular weight is 537 g/mol. The molecule has 11 heteroatoms. The molecule has 0 fully saturated rings. The van der Waals surface area contributed by atoms with Crippen molar-refractivity contribution in [2.45, 2.75) is 44.1 Å². The number of aliphatic hydroxyl groups is 2. The summed E-state index contributed by atoms with van der Waals surface area (Å²) in [5.74, 6) is -0.0147. The quantitative estimate of drug-likeness (QED) is 0.192.